The van der Waals surface area contributed by atoms with Crippen LogP contribution in [0.4, 0.5) is 0 Å². The molecule has 0 aromatic heterocycles. The van der Waals surface area contributed by atoms with Gasteiger partial charge in [0, 0.05) is 10.8 Å². The Kier molecular flexibility index (Phi) is 6.50. The summed E-state index contributed by atoms with van der Waals surface area (Å²) in [5.41, 5.74) is -0.451. The molecular weight excluding hydrogens is 404 g/mol. The van der Waals surface area contributed by atoms with Crippen molar-refractivity contribution in [3.05, 3.63) is 0 Å². The second kappa shape index (κ2) is 8.34. The number of rotatable bonds is 7. The predicted octanol–water partition coefficient (Wildman–Crippen LogP) is 1.96. The molecule has 0 aromatic rings. The Morgan fingerprint density at radius 2 is 2.03 bits per heavy atom. The number of likely N-dealkylation sites (tertiary alicyclic amines) is 1. The Morgan fingerprint density at radius 1 is 1.37 bits per heavy atom. The molecule has 2 amide bonds. The van der Waals surface area contributed by atoms with Crippen molar-refractivity contribution >= 4 is 29.5 Å². The number of hydrogen-bond acceptors (Lipinski definition) is 6. The van der Waals surface area contributed by atoms with Gasteiger partial charge in [-0.05, 0) is 46.5 Å². The van der Waals surface area contributed by atoms with E-state index in [1.807, 2.05) is 34.6 Å². The molecule has 0 saturated carbocycles. The maximum absolute atomic E-state index is 13.8. The lowest BCUT2D eigenvalue weighted by atomic mass is 9.71. The van der Waals surface area contributed by atoms with E-state index in [-0.39, 0.29) is 42.2 Å². The number of esters is 1. The number of nitrogens with one attached hydrogen (secondary N) is 1. The van der Waals surface area contributed by atoms with Gasteiger partial charge in [0.1, 0.15) is 6.04 Å². The minimum Gasteiger partial charge on any atom is -0.466 e. The number of carbonyl (C=O) groups is 3. The molecule has 3 heterocycles. The molecule has 2 bridgehead atoms. The van der Waals surface area contributed by atoms with E-state index < -0.39 is 34.2 Å². The third-order valence-corrected chi connectivity index (χ3v) is 8.84. The first-order chi connectivity index (χ1) is 14.0. The van der Waals surface area contributed by atoms with Crippen LogP contribution in [0.25, 0.3) is 0 Å². The highest BCUT2D eigenvalue weighted by Crippen LogP contribution is 2.66. The van der Waals surface area contributed by atoms with E-state index in [9.17, 15) is 19.5 Å². The fourth-order valence-corrected chi connectivity index (χ4v) is 7.70. The smallest absolute Gasteiger partial charge is 0.310 e. The fraction of sp³-hybridized carbons (Fsp3) is 0.864. The van der Waals surface area contributed by atoms with Gasteiger partial charge in [0.25, 0.3) is 0 Å². The summed E-state index contributed by atoms with van der Waals surface area (Å²) in [7, 11) is 0. The summed E-state index contributed by atoms with van der Waals surface area (Å²) in [6.45, 7) is 11.6. The highest BCUT2D eigenvalue weighted by Gasteiger charge is 2.74. The van der Waals surface area contributed by atoms with Gasteiger partial charge in [-0.3, -0.25) is 14.4 Å². The second-order valence-corrected chi connectivity index (χ2v) is 11.5. The number of fused-ring (bicyclic) bond motifs is 1. The average Bonchev–Trinajstić information content (AvgIpc) is 3.29. The van der Waals surface area contributed by atoms with Crippen molar-refractivity contribution in [2.45, 2.75) is 88.4 Å². The molecule has 8 heteroatoms. The lowest BCUT2D eigenvalue weighted by Gasteiger charge is -2.40. The molecular formula is C22H36N2O5S. The number of hydrogen-bond donors (Lipinski definition) is 2. The molecule has 0 radical (unpaired) electrons. The van der Waals surface area contributed by atoms with Gasteiger partial charge in [-0.2, -0.15) is 0 Å². The Morgan fingerprint density at radius 3 is 2.57 bits per heavy atom. The molecule has 3 fully saturated rings. The van der Waals surface area contributed by atoms with Gasteiger partial charge in [-0.1, -0.05) is 20.3 Å². The molecule has 0 aliphatic carbocycles. The zero-order chi connectivity index (χ0) is 22.4. The van der Waals surface area contributed by atoms with Crippen LogP contribution in [0.3, 0.4) is 0 Å². The summed E-state index contributed by atoms with van der Waals surface area (Å²) in [5, 5.41) is 13.3. The fourth-order valence-electron chi connectivity index (χ4n) is 5.51. The third kappa shape index (κ3) is 3.64. The van der Waals surface area contributed by atoms with E-state index in [4.69, 9.17) is 4.74 Å². The lowest BCUT2D eigenvalue weighted by Crippen LogP contribution is -2.60. The Hall–Kier alpha value is -1.28. The van der Waals surface area contributed by atoms with Crippen molar-refractivity contribution in [3.8, 4) is 0 Å². The molecule has 7 atom stereocenters. The summed E-state index contributed by atoms with van der Waals surface area (Å²) < 4.78 is 4.68. The molecule has 1 spiro atoms. The van der Waals surface area contributed by atoms with E-state index in [0.717, 1.165) is 12.8 Å². The van der Waals surface area contributed by atoms with E-state index >= 15 is 0 Å². The van der Waals surface area contributed by atoms with Gasteiger partial charge in [0.05, 0.1) is 35.8 Å². The number of amides is 2. The third-order valence-electron chi connectivity index (χ3n) is 6.89. The highest BCUT2D eigenvalue weighted by atomic mass is 32.2. The van der Waals surface area contributed by atoms with Gasteiger partial charge in [0.2, 0.25) is 11.8 Å². The van der Waals surface area contributed by atoms with Gasteiger partial charge in [-0.15, -0.1) is 11.8 Å². The molecule has 3 saturated heterocycles. The number of thioether (sulfide) groups is 1. The normalized spacial score (nSPS) is 34.6. The first-order valence-corrected chi connectivity index (χ1v) is 12.0. The number of ether oxygens (including phenoxy) is 1. The summed E-state index contributed by atoms with van der Waals surface area (Å²) in [6, 6.07) is -1.16. The van der Waals surface area contributed by atoms with E-state index in [1.54, 1.807) is 23.6 Å². The van der Waals surface area contributed by atoms with E-state index in [2.05, 4.69) is 5.32 Å². The van der Waals surface area contributed by atoms with Crippen LogP contribution >= 0.6 is 11.8 Å². The summed E-state index contributed by atoms with van der Waals surface area (Å²) >= 11 is 1.62. The van der Waals surface area contributed by atoms with Gasteiger partial charge in [0.15, 0.2) is 0 Å². The van der Waals surface area contributed by atoms with Gasteiger partial charge >= 0.3 is 5.97 Å². The maximum Gasteiger partial charge on any atom is 0.310 e. The predicted molar refractivity (Wildman–Crippen MR) is 116 cm³/mol. The van der Waals surface area contributed by atoms with Crippen molar-refractivity contribution in [1.82, 2.24) is 10.2 Å². The van der Waals surface area contributed by atoms with Crippen molar-refractivity contribution in [3.63, 3.8) is 0 Å². The monoisotopic (exact) mass is 440 g/mol. The SMILES string of the molecule is CCOC(=O)[C@@H]1[C@@H]2CCC3(S2)C(C(=O)NC(C)(C)C)N([C@@H](CO)[C@@H](C)CC)C(=O)[C@H]13. The zero-order valence-corrected chi connectivity index (χ0v) is 19.8. The lowest BCUT2D eigenvalue weighted by molar-refractivity contribution is -0.154. The number of carbonyl (C=O) groups excluding carboxylic acids is 3. The number of nitrogens with zero attached hydrogens (tertiary/aromatic N) is 1. The molecule has 170 valence electrons. The topological polar surface area (TPSA) is 95.9 Å². The largest absolute Gasteiger partial charge is 0.466 e. The average molecular weight is 441 g/mol. The second-order valence-electron chi connectivity index (χ2n) is 9.93. The van der Waals surface area contributed by atoms with Crippen molar-refractivity contribution in [2.75, 3.05) is 13.2 Å². The van der Waals surface area contributed by atoms with Crippen molar-refractivity contribution in [1.29, 1.82) is 0 Å². The molecule has 2 unspecified atom stereocenters. The molecule has 7 nitrogen and oxygen atoms in total. The zero-order valence-electron chi connectivity index (χ0n) is 18.9. The van der Waals surface area contributed by atoms with Gasteiger partial charge in [-0.25, -0.2) is 0 Å². The Labute approximate surface area is 183 Å². The van der Waals surface area contributed by atoms with Crippen LogP contribution in [0.2, 0.25) is 0 Å². The molecule has 0 aromatic carbocycles. The first-order valence-electron chi connectivity index (χ1n) is 11.1. The van der Waals surface area contributed by atoms with Crippen LogP contribution < -0.4 is 5.32 Å². The van der Waals surface area contributed by atoms with Crippen LogP contribution in [0.15, 0.2) is 0 Å². The summed E-state index contributed by atoms with van der Waals surface area (Å²) in [4.78, 5) is 41.8. The summed E-state index contributed by atoms with van der Waals surface area (Å²) in [6.07, 6.45) is 2.28. The first kappa shape index (κ1) is 23.4. The van der Waals surface area contributed by atoms with Crippen molar-refractivity contribution < 1.29 is 24.2 Å². The summed E-state index contributed by atoms with van der Waals surface area (Å²) in [5.74, 6) is -1.79. The molecule has 2 N–H and O–H groups in total. The quantitative estimate of drug-likeness (QED) is 0.588. The number of aliphatic hydroxyl groups is 1. The van der Waals surface area contributed by atoms with Crippen LogP contribution in [0.1, 0.15) is 60.8 Å². The maximum atomic E-state index is 13.8. The van der Waals surface area contributed by atoms with Crippen LogP contribution in [-0.2, 0) is 19.1 Å². The van der Waals surface area contributed by atoms with Gasteiger partial charge < -0.3 is 20.1 Å². The Bertz CT molecular complexity index is 708. The minimum absolute atomic E-state index is 0.00117. The van der Waals surface area contributed by atoms with Crippen LogP contribution in [0, 0.1) is 17.8 Å². The van der Waals surface area contributed by atoms with E-state index in [1.165, 1.54) is 0 Å². The molecule has 3 aliphatic heterocycles. The van der Waals surface area contributed by atoms with E-state index in [0.29, 0.717) is 6.42 Å². The van der Waals surface area contributed by atoms with Crippen LogP contribution in [-0.4, -0.2) is 68.6 Å². The molecule has 3 rings (SSSR count). The molecule has 3 aliphatic rings. The Balaban J connectivity index is 2.07. The number of aliphatic hydroxyl groups excluding tert-OH is 1. The van der Waals surface area contributed by atoms with Crippen molar-refractivity contribution in [2.24, 2.45) is 17.8 Å². The highest BCUT2D eigenvalue weighted by molar-refractivity contribution is 8.02. The molecule has 30 heavy (non-hydrogen) atoms. The van der Waals surface area contributed by atoms with Crippen LogP contribution in [0.5, 0.6) is 0 Å². The minimum atomic E-state index is -0.699. The standard InChI is InChI=1S/C22H36N2O5S/c1-7-12(3)13(11-25)24-17(18(26)23-21(4,5)6)22-10-9-14(30-22)15(16(22)19(24)27)20(28)29-8-2/h12-17,25H,7-11H2,1-6H3,(H,23,26)/t12-,13-,14-,15+,16-,17?,22?/m0/s1.